The molecule has 1 N–H and O–H groups in total. The Labute approximate surface area is 75.7 Å². The Kier molecular flexibility index (Phi) is 4.62. The highest BCUT2D eigenvalue weighted by atomic mass is 16.5. The molecule has 2 heteroatoms. The van der Waals surface area contributed by atoms with Crippen molar-refractivity contribution in [1.29, 1.82) is 0 Å². The summed E-state index contributed by atoms with van der Waals surface area (Å²) in [5.41, 5.74) is 0. The van der Waals surface area contributed by atoms with Crippen LogP contribution < -0.4 is 5.32 Å². The van der Waals surface area contributed by atoms with E-state index in [4.69, 9.17) is 4.74 Å². The van der Waals surface area contributed by atoms with Gasteiger partial charge in [0.1, 0.15) is 0 Å². The van der Waals surface area contributed by atoms with Crippen molar-refractivity contribution in [3.8, 4) is 0 Å². The molecule has 1 heterocycles. The normalized spacial score (nSPS) is 26.0. The van der Waals surface area contributed by atoms with E-state index in [9.17, 15) is 0 Å². The van der Waals surface area contributed by atoms with Crippen molar-refractivity contribution in [2.75, 3.05) is 13.2 Å². The molecule has 1 saturated heterocycles. The van der Waals surface area contributed by atoms with E-state index in [1.54, 1.807) is 0 Å². The van der Waals surface area contributed by atoms with E-state index in [1.165, 1.54) is 32.2 Å². The third-order valence-electron chi connectivity index (χ3n) is 2.44. The minimum atomic E-state index is 0.442. The van der Waals surface area contributed by atoms with Gasteiger partial charge in [0.2, 0.25) is 0 Å². The second-order valence-corrected chi connectivity index (χ2v) is 3.73. The molecule has 0 aliphatic carbocycles. The zero-order chi connectivity index (χ0) is 8.81. The Bertz CT molecular complexity index is 110. The van der Waals surface area contributed by atoms with E-state index in [2.05, 4.69) is 19.2 Å². The van der Waals surface area contributed by atoms with E-state index in [-0.39, 0.29) is 0 Å². The number of nitrogens with one attached hydrogen (secondary N) is 1. The fourth-order valence-corrected chi connectivity index (χ4v) is 1.67. The molecular formula is C10H21NO. The predicted octanol–water partition coefficient (Wildman–Crippen LogP) is 1.94. The van der Waals surface area contributed by atoms with Crippen LogP contribution in [0.1, 0.15) is 39.5 Å². The summed E-state index contributed by atoms with van der Waals surface area (Å²) in [7, 11) is 0. The zero-order valence-electron chi connectivity index (χ0n) is 8.31. The second kappa shape index (κ2) is 5.55. The Hall–Kier alpha value is -0.0800. The standard InChI is InChI=1S/C10H21NO/c1-3-5-9(2)12-8-10-6-4-7-11-10/h9-11H,3-8H2,1-2H3. The molecule has 1 aliphatic rings. The third-order valence-corrected chi connectivity index (χ3v) is 2.44. The minimum Gasteiger partial charge on any atom is -0.377 e. The first-order chi connectivity index (χ1) is 5.83. The quantitative estimate of drug-likeness (QED) is 0.682. The number of hydrogen-bond acceptors (Lipinski definition) is 2. The van der Waals surface area contributed by atoms with Crippen LogP contribution in [0.25, 0.3) is 0 Å². The molecule has 0 amide bonds. The summed E-state index contributed by atoms with van der Waals surface area (Å²) in [5, 5.41) is 3.43. The van der Waals surface area contributed by atoms with Gasteiger partial charge in [-0.3, -0.25) is 0 Å². The highest BCUT2D eigenvalue weighted by Crippen LogP contribution is 2.08. The van der Waals surface area contributed by atoms with Crippen LogP contribution in [0.3, 0.4) is 0 Å². The van der Waals surface area contributed by atoms with E-state index >= 15 is 0 Å². The molecule has 0 bridgehead atoms. The molecule has 0 aromatic heterocycles. The summed E-state index contributed by atoms with van der Waals surface area (Å²) >= 11 is 0. The molecule has 0 spiro atoms. The topological polar surface area (TPSA) is 21.3 Å². The lowest BCUT2D eigenvalue weighted by Crippen LogP contribution is -2.28. The summed E-state index contributed by atoms with van der Waals surface area (Å²) in [4.78, 5) is 0. The number of ether oxygens (including phenoxy) is 1. The van der Waals surface area contributed by atoms with E-state index in [0.717, 1.165) is 6.61 Å². The Morgan fingerprint density at radius 1 is 1.58 bits per heavy atom. The smallest absolute Gasteiger partial charge is 0.0623 e. The molecule has 0 saturated carbocycles. The van der Waals surface area contributed by atoms with Crippen molar-refractivity contribution in [2.45, 2.75) is 51.7 Å². The number of rotatable bonds is 5. The fourth-order valence-electron chi connectivity index (χ4n) is 1.67. The van der Waals surface area contributed by atoms with E-state index < -0.39 is 0 Å². The largest absolute Gasteiger partial charge is 0.377 e. The first-order valence-electron chi connectivity index (χ1n) is 5.18. The molecule has 2 atom stereocenters. The Morgan fingerprint density at radius 3 is 3.00 bits per heavy atom. The van der Waals surface area contributed by atoms with Crippen LogP contribution in [0.2, 0.25) is 0 Å². The van der Waals surface area contributed by atoms with Gasteiger partial charge in [0.05, 0.1) is 12.7 Å². The molecule has 0 radical (unpaired) electrons. The van der Waals surface area contributed by atoms with E-state index in [0.29, 0.717) is 12.1 Å². The summed E-state index contributed by atoms with van der Waals surface area (Å²) in [5.74, 6) is 0. The van der Waals surface area contributed by atoms with Crippen LogP contribution in [0.15, 0.2) is 0 Å². The highest BCUT2D eigenvalue weighted by molar-refractivity contribution is 4.73. The molecule has 0 aromatic carbocycles. The molecule has 1 aliphatic heterocycles. The van der Waals surface area contributed by atoms with Crippen molar-refractivity contribution < 1.29 is 4.74 Å². The predicted molar refractivity (Wildman–Crippen MR) is 51.3 cm³/mol. The SMILES string of the molecule is CCCC(C)OCC1CCCN1. The molecule has 1 rings (SSSR count). The highest BCUT2D eigenvalue weighted by Gasteiger charge is 2.14. The zero-order valence-corrected chi connectivity index (χ0v) is 8.31. The Morgan fingerprint density at radius 2 is 2.42 bits per heavy atom. The third kappa shape index (κ3) is 3.55. The maximum Gasteiger partial charge on any atom is 0.0623 e. The number of hydrogen-bond donors (Lipinski definition) is 1. The van der Waals surface area contributed by atoms with Crippen LogP contribution in [-0.2, 0) is 4.74 Å². The second-order valence-electron chi connectivity index (χ2n) is 3.73. The van der Waals surface area contributed by atoms with E-state index in [1.807, 2.05) is 0 Å². The Balaban J connectivity index is 1.99. The van der Waals surface area contributed by atoms with Crippen molar-refractivity contribution in [3.05, 3.63) is 0 Å². The van der Waals surface area contributed by atoms with Crippen molar-refractivity contribution in [3.63, 3.8) is 0 Å². The maximum atomic E-state index is 5.70. The summed E-state index contributed by atoms with van der Waals surface area (Å²) in [6, 6.07) is 0.629. The van der Waals surface area contributed by atoms with Crippen LogP contribution in [-0.4, -0.2) is 25.3 Å². The van der Waals surface area contributed by atoms with Crippen molar-refractivity contribution in [1.82, 2.24) is 5.32 Å². The maximum absolute atomic E-state index is 5.70. The van der Waals surface area contributed by atoms with Crippen molar-refractivity contribution >= 4 is 0 Å². The molecule has 1 fully saturated rings. The lowest BCUT2D eigenvalue weighted by Gasteiger charge is -2.15. The van der Waals surface area contributed by atoms with Gasteiger partial charge in [-0.25, -0.2) is 0 Å². The fraction of sp³-hybridized carbons (Fsp3) is 1.00. The van der Waals surface area contributed by atoms with Crippen LogP contribution >= 0.6 is 0 Å². The van der Waals surface area contributed by atoms with Crippen LogP contribution in [0, 0.1) is 0 Å². The molecule has 0 aromatic rings. The summed E-state index contributed by atoms with van der Waals surface area (Å²) in [6.07, 6.45) is 5.46. The molecular weight excluding hydrogens is 150 g/mol. The summed E-state index contributed by atoms with van der Waals surface area (Å²) in [6.45, 7) is 6.45. The molecule has 12 heavy (non-hydrogen) atoms. The van der Waals surface area contributed by atoms with Gasteiger partial charge in [0.15, 0.2) is 0 Å². The van der Waals surface area contributed by atoms with Gasteiger partial charge in [-0.05, 0) is 32.7 Å². The molecule has 2 unspecified atom stereocenters. The van der Waals surface area contributed by atoms with Gasteiger partial charge in [-0.1, -0.05) is 13.3 Å². The van der Waals surface area contributed by atoms with Crippen molar-refractivity contribution in [2.24, 2.45) is 0 Å². The average molecular weight is 171 g/mol. The minimum absolute atomic E-state index is 0.442. The van der Waals surface area contributed by atoms with Gasteiger partial charge >= 0.3 is 0 Å². The molecule has 2 nitrogen and oxygen atoms in total. The van der Waals surface area contributed by atoms with Gasteiger partial charge in [0, 0.05) is 6.04 Å². The first kappa shape index (κ1) is 10.0. The monoisotopic (exact) mass is 171 g/mol. The average Bonchev–Trinajstić information content (AvgIpc) is 2.53. The lowest BCUT2D eigenvalue weighted by atomic mass is 10.2. The van der Waals surface area contributed by atoms with Gasteiger partial charge in [0.25, 0.3) is 0 Å². The lowest BCUT2D eigenvalue weighted by molar-refractivity contribution is 0.0474. The summed E-state index contributed by atoms with van der Waals surface area (Å²) < 4.78 is 5.70. The van der Waals surface area contributed by atoms with Crippen LogP contribution in [0.4, 0.5) is 0 Å². The molecule has 72 valence electrons. The first-order valence-corrected chi connectivity index (χ1v) is 5.18. The van der Waals surface area contributed by atoms with Gasteiger partial charge in [-0.2, -0.15) is 0 Å². The van der Waals surface area contributed by atoms with Gasteiger partial charge in [-0.15, -0.1) is 0 Å². The van der Waals surface area contributed by atoms with Gasteiger partial charge < -0.3 is 10.1 Å². The van der Waals surface area contributed by atoms with Crippen LogP contribution in [0.5, 0.6) is 0 Å².